The number of nitro groups is 1. The van der Waals surface area contributed by atoms with Crippen molar-refractivity contribution in [2.24, 2.45) is 0 Å². The molecule has 2 aromatic heterocycles. The molecule has 0 fully saturated rings. The van der Waals surface area contributed by atoms with Gasteiger partial charge in [-0.2, -0.15) is 0 Å². The summed E-state index contributed by atoms with van der Waals surface area (Å²) >= 11 is 0. The van der Waals surface area contributed by atoms with E-state index >= 15 is 0 Å². The summed E-state index contributed by atoms with van der Waals surface area (Å²) in [4.78, 5) is 32.0. The third-order valence-corrected chi connectivity index (χ3v) is 3.15. The Labute approximate surface area is 132 Å². The van der Waals surface area contributed by atoms with E-state index in [4.69, 9.17) is 0 Å². The summed E-state index contributed by atoms with van der Waals surface area (Å²) in [6, 6.07) is 3.46. The van der Waals surface area contributed by atoms with Crippen LogP contribution in [0.5, 0.6) is 0 Å². The summed E-state index contributed by atoms with van der Waals surface area (Å²) in [5, 5.41) is 9.56. The summed E-state index contributed by atoms with van der Waals surface area (Å²) in [6.45, 7) is 1.43. The maximum absolute atomic E-state index is 12.0. The van der Waals surface area contributed by atoms with Gasteiger partial charge in [0.25, 0.3) is 11.5 Å². The fourth-order valence-electron chi connectivity index (χ4n) is 1.97. The highest BCUT2D eigenvalue weighted by molar-refractivity contribution is 5.25. The van der Waals surface area contributed by atoms with Crippen LogP contribution >= 0.6 is 0 Å². The summed E-state index contributed by atoms with van der Waals surface area (Å²) in [5.74, 6) is -0.0714. The first kappa shape index (κ1) is 16.6. The van der Waals surface area contributed by atoms with E-state index in [9.17, 15) is 14.9 Å². The van der Waals surface area contributed by atoms with Crippen LogP contribution in [0.15, 0.2) is 35.5 Å². The number of rotatable bonds is 7. The maximum Gasteiger partial charge on any atom is 0.284 e. The van der Waals surface area contributed by atoms with Gasteiger partial charge in [-0.15, -0.1) is 0 Å². The summed E-state index contributed by atoms with van der Waals surface area (Å²) in [6.07, 6.45) is 5.25. The largest absolute Gasteiger partial charge is 0.314 e. The van der Waals surface area contributed by atoms with Crippen LogP contribution in [0.1, 0.15) is 11.1 Å². The predicted molar refractivity (Wildman–Crippen MR) is 84.7 cm³/mol. The number of nitrogens with zero attached hydrogens (tertiary/aromatic N) is 5. The molecule has 9 nitrogen and oxygen atoms in total. The summed E-state index contributed by atoms with van der Waals surface area (Å²) in [7, 11) is 3.91. The number of anilines is 1. The third kappa shape index (κ3) is 5.15. The lowest BCUT2D eigenvalue weighted by atomic mass is 10.1. The average molecular weight is 318 g/mol. The van der Waals surface area contributed by atoms with Crippen molar-refractivity contribution >= 4 is 5.95 Å². The molecule has 0 saturated carbocycles. The fraction of sp³-hybridized carbons (Fsp3) is 0.357. The molecule has 0 aliphatic carbocycles. The Kier molecular flexibility index (Phi) is 5.36. The van der Waals surface area contributed by atoms with Crippen molar-refractivity contribution in [3.05, 3.63) is 62.3 Å². The minimum atomic E-state index is -0.720. The van der Waals surface area contributed by atoms with E-state index in [1.807, 2.05) is 30.5 Å². The molecule has 0 radical (unpaired) electrons. The lowest BCUT2D eigenvalue weighted by Gasteiger charge is -2.11. The normalized spacial score (nSPS) is 10.7. The number of hydrazine groups is 1. The van der Waals surface area contributed by atoms with Gasteiger partial charge in [-0.05, 0) is 31.3 Å². The van der Waals surface area contributed by atoms with Crippen molar-refractivity contribution in [2.45, 2.75) is 13.0 Å². The summed E-state index contributed by atoms with van der Waals surface area (Å²) < 4.78 is 1.66. The second kappa shape index (κ2) is 7.45. The van der Waals surface area contributed by atoms with Crippen LogP contribution in [-0.2, 0) is 13.0 Å². The van der Waals surface area contributed by atoms with Gasteiger partial charge in [0.2, 0.25) is 0 Å². The van der Waals surface area contributed by atoms with Crippen molar-refractivity contribution in [2.75, 3.05) is 26.1 Å². The molecule has 2 aromatic rings. The average Bonchev–Trinajstić information content (AvgIpc) is 2.48. The van der Waals surface area contributed by atoms with Crippen LogP contribution < -0.4 is 11.0 Å². The summed E-state index contributed by atoms with van der Waals surface area (Å²) in [5.41, 5.74) is 3.43. The number of aromatic nitrogens is 3. The number of hydrogen-bond acceptors (Lipinski definition) is 6. The molecule has 0 spiro atoms. The van der Waals surface area contributed by atoms with Crippen molar-refractivity contribution < 1.29 is 5.03 Å². The smallest absolute Gasteiger partial charge is 0.284 e. The highest BCUT2D eigenvalue weighted by Gasteiger charge is 2.05. The van der Waals surface area contributed by atoms with E-state index < -0.39 is 5.03 Å². The maximum atomic E-state index is 12.0. The molecule has 0 atom stereocenters. The van der Waals surface area contributed by atoms with E-state index in [1.165, 1.54) is 12.4 Å². The molecular weight excluding hydrogens is 300 g/mol. The van der Waals surface area contributed by atoms with Crippen molar-refractivity contribution in [1.82, 2.24) is 19.4 Å². The molecule has 2 rings (SSSR count). The van der Waals surface area contributed by atoms with Gasteiger partial charge in [0, 0.05) is 44.2 Å². The van der Waals surface area contributed by atoms with Crippen molar-refractivity contribution in [1.29, 1.82) is 0 Å². The minimum absolute atomic E-state index is 0.0584. The van der Waals surface area contributed by atoms with E-state index in [2.05, 4.69) is 9.97 Å². The molecule has 2 heterocycles. The Morgan fingerprint density at radius 1 is 1.30 bits per heavy atom. The van der Waals surface area contributed by atoms with Gasteiger partial charge in [-0.1, -0.05) is 5.43 Å². The lowest BCUT2D eigenvalue weighted by Crippen LogP contribution is -2.26. The molecule has 23 heavy (non-hydrogen) atoms. The molecule has 1 N–H and O–H groups in total. The molecule has 0 saturated heterocycles. The fourth-order valence-corrected chi connectivity index (χ4v) is 1.97. The third-order valence-electron chi connectivity index (χ3n) is 3.15. The van der Waals surface area contributed by atoms with Gasteiger partial charge in [0.05, 0.1) is 0 Å². The van der Waals surface area contributed by atoms with Gasteiger partial charge in [-0.25, -0.2) is 20.1 Å². The van der Waals surface area contributed by atoms with E-state index in [0.29, 0.717) is 13.0 Å². The zero-order chi connectivity index (χ0) is 16.8. The van der Waals surface area contributed by atoms with Crippen LogP contribution in [0.25, 0.3) is 0 Å². The zero-order valence-electron chi connectivity index (χ0n) is 13.0. The first-order valence-corrected chi connectivity index (χ1v) is 7.00. The SMILES string of the molecule is CN(C)CCn1ccc(Cc2cnc(N[N+](=O)[O-])nc2)cc1=O. The lowest BCUT2D eigenvalue weighted by molar-refractivity contribution is -0.446. The second-order valence-corrected chi connectivity index (χ2v) is 5.33. The van der Waals surface area contributed by atoms with E-state index in [1.54, 1.807) is 16.8 Å². The quantitative estimate of drug-likeness (QED) is 0.581. The van der Waals surface area contributed by atoms with Crippen LogP contribution in [0.2, 0.25) is 0 Å². The first-order chi connectivity index (χ1) is 10.9. The molecule has 0 bridgehead atoms. The van der Waals surface area contributed by atoms with Crippen molar-refractivity contribution in [3.8, 4) is 0 Å². The molecule has 122 valence electrons. The highest BCUT2D eigenvalue weighted by Crippen LogP contribution is 2.07. The molecule has 0 unspecified atom stereocenters. The van der Waals surface area contributed by atoms with Crippen LogP contribution in [0, 0.1) is 10.1 Å². The monoisotopic (exact) mass is 318 g/mol. The molecule has 0 aromatic carbocycles. The Balaban J connectivity index is 2.04. The minimum Gasteiger partial charge on any atom is -0.314 e. The van der Waals surface area contributed by atoms with Gasteiger partial charge in [-0.3, -0.25) is 4.79 Å². The molecule has 0 aliphatic rings. The predicted octanol–water partition coefficient (Wildman–Crippen LogP) is 0.394. The van der Waals surface area contributed by atoms with Crippen molar-refractivity contribution in [3.63, 3.8) is 0 Å². The van der Waals surface area contributed by atoms with Gasteiger partial charge < -0.3 is 9.47 Å². The number of pyridine rings is 1. The zero-order valence-corrected chi connectivity index (χ0v) is 13.0. The van der Waals surface area contributed by atoms with Crippen LogP contribution in [0.3, 0.4) is 0 Å². The second-order valence-electron chi connectivity index (χ2n) is 5.33. The Hall–Kier alpha value is -2.81. The first-order valence-electron chi connectivity index (χ1n) is 7.00. The number of likely N-dealkylation sites (N-methyl/N-ethyl adjacent to an activating group) is 1. The van der Waals surface area contributed by atoms with E-state index in [0.717, 1.165) is 17.7 Å². The van der Waals surface area contributed by atoms with Gasteiger partial charge in [0.1, 0.15) is 0 Å². The molecular formula is C14H18N6O3. The Morgan fingerprint density at radius 2 is 2.00 bits per heavy atom. The van der Waals surface area contributed by atoms with E-state index in [-0.39, 0.29) is 11.5 Å². The van der Waals surface area contributed by atoms with Crippen LogP contribution in [0.4, 0.5) is 5.95 Å². The highest BCUT2D eigenvalue weighted by atomic mass is 16.7. The standard InChI is InChI=1S/C14H18N6O3/c1-18(2)5-6-19-4-3-11(8-13(19)21)7-12-9-15-14(16-10-12)17-20(22)23/h3-4,8-10H,5-7H2,1-2H3,(H,15,16,17). The molecule has 0 aliphatic heterocycles. The van der Waals surface area contributed by atoms with Gasteiger partial charge >= 0.3 is 0 Å². The number of hydrogen-bond donors (Lipinski definition) is 1. The topological polar surface area (TPSA) is 106 Å². The Bertz CT molecular complexity index is 726. The molecule has 0 amide bonds. The molecule has 9 heteroatoms. The number of nitrogens with one attached hydrogen (secondary N) is 1. The van der Waals surface area contributed by atoms with Crippen LogP contribution in [-0.4, -0.2) is 45.1 Å². The van der Waals surface area contributed by atoms with Gasteiger partial charge in [0.15, 0.2) is 5.03 Å². The Morgan fingerprint density at radius 3 is 2.57 bits per heavy atom.